The van der Waals surface area contributed by atoms with Gasteiger partial charge in [-0.25, -0.2) is 0 Å². The molecule has 1 aromatic heterocycles. The minimum absolute atomic E-state index is 0.00178. The van der Waals surface area contributed by atoms with Crippen molar-refractivity contribution in [1.29, 1.82) is 0 Å². The van der Waals surface area contributed by atoms with Crippen LogP contribution in [0.25, 0.3) is 11.5 Å². The summed E-state index contributed by atoms with van der Waals surface area (Å²) in [7, 11) is 4.07. The minimum Gasteiger partial charge on any atom is -0.421 e. The second-order valence-corrected chi connectivity index (χ2v) is 7.55. The van der Waals surface area contributed by atoms with Crippen LogP contribution >= 0.6 is 0 Å². The zero-order valence-corrected chi connectivity index (χ0v) is 15.8. The largest absolute Gasteiger partial charge is 0.421 e. The molecule has 2 aromatic rings. The van der Waals surface area contributed by atoms with E-state index in [2.05, 4.69) is 34.3 Å². The Morgan fingerprint density at radius 2 is 1.88 bits per heavy atom. The standard InChI is InChI=1S/C19H28N4O2/c1-14-6-8-15(9-7-14)18-22-21-17(25-18)11-10-16(24)20-12-19(2,3)13-23(4)5/h6-9H,10-13H2,1-5H3,(H,20,24). The maximum atomic E-state index is 12.0. The first-order valence-electron chi connectivity index (χ1n) is 8.56. The molecule has 0 fully saturated rings. The molecule has 0 aliphatic heterocycles. The van der Waals surface area contributed by atoms with E-state index >= 15 is 0 Å². The molecule has 6 nitrogen and oxygen atoms in total. The third-order valence-corrected chi connectivity index (χ3v) is 3.84. The second-order valence-electron chi connectivity index (χ2n) is 7.55. The van der Waals surface area contributed by atoms with Gasteiger partial charge in [0.1, 0.15) is 0 Å². The van der Waals surface area contributed by atoms with Crippen molar-refractivity contribution >= 4 is 5.91 Å². The molecule has 0 bridgehead atoms. The molecule has 0 atom stereocenters. The molecule has 25 heavy (non-hydrogen) atoms. The zero-order valence-electron chi connectivity index (χ0n) is 15.8. The fourth-order valence-corrected chi connectivity index (χ4v) is 2.73. The van der Waals surface area contributed by atoms with Crippen molar-refractivity contribution in [1.82, 2.24) is 20.4 Å². The Bertz CT molecular complexity index is 690. The molecule has 1 amide bonds. The fourth-order valence-electron chi connectivity index (χ4n) is 2.73. The number of carbonyl (C=O) groups is 1. The van der Waals surface area contributed by atoms with Crippen LogP contribution in [0.5, 0.6) is 0 Å². The summed E-state index contributed by atoms with van der Waals surface area (Å²) in [4.78, 5) is 14.2. The van der Waals surface area contributed by atoms with Gasteiger partial charge < -0.3 is 14.6 Å². The number of carbonyl (C=O) groups excluding carboxylic acids is 1. The maximum Gasteiger partial charge on any atom is 0.247 e. The van der Waals surface area contributed by atoms with Gasteiger partial charge in [0.2, 0.25) is 17.7 Å². The molecule has 0 aliphatic carbocycles. The predicted molar refractivity (Wildman–Crippen MR) is 98.1 cm³/mol. The van der Waals surface area contributed by atoms with Gasteiger partial charge in [0.25, 0.3) is 0 Å². The first kappa shape index (κ1) is 19.1. The molecule has 0 aliphatic rings. The number of nitrogens with one attached hydrogen (secondary N) is 1. The van der Waals surface area contributed by atoms with E-state index in [1.165, 1.54) is 5.56 Å². The highest BCUT2D eigenvalue weighted by atomic mass is 16.4. The third kappa shape index (κ3) is 6.31. The first-order chi connectivity index (χ1) is 11.7. The van der Waals surface area contributed by atoms with Crippen molar-refractivity contribution in [3.63, 3.8) is 0 Å². The highest BCUT2D eigenvalue weighted by Crippen LogP contribution is 2.19. The summed E-state index contributed by atoms with van der Waals surface area (Å²) in [6.45, 7) is 7.86. The van der Waals surface area contributed by atoms with E-state index in [9.17, 15) is 4.79 Å². The number of rotatable bonds is 8. The molecule has 1 heterocycles. The first-order valence-corrected chi connectivity index (χ1v) is 8.56. The quantitative estimate of drug-likeness (QED) is 0.797. The fraction of sp³-hybridized carbons (Fsp3) is 0.526. The van der Waals surface area contributed by atoms with Gasteiger partial charge in [0.05, 0.1) is 0 Å². The van der Waals surface area contributed by atoms with Gasteiger partial charge in [-0.15, -0.1) is 10.2 Å². The molecule has 136 valence electrons. The Labute approximate surface area is 149 Å². The number of aromatic nitrogens is 2. The summed E-state index contributed by atoms with van der Waals surface area (Å²) in [6.07, 6.45) is 0.784. The van der Waals surface area contributed by atoms with Crippen molar-refractivity contribution in [2.75, 3.05) is 27.2 Å². The topological polar surface area (TPSA) is 71.3 Å². The Hall–Kier alpha value is -2.21. The number of aryl methyl sites for hydroxylation is 2. The Balaban J connectivity index is 1.81. The number of benzene rings is 1. The van der Waals surface area contributed by atoms with Crippen LogP contribution < -0.4 is 5.32 Å². The Kier molecular flexibility index (Phi) is 6.31. The molecule has 6 heteroatoms. The van der Waals surface area contributed by atoms with Gasteiger partial charge in [0.15, 0.2) is 0 Å². The van der Waals surface area contributed by atoms with E-state index in [1.807, 2.05) is 45.3 Å². The highest BCUT2D eigenvalue weighted by molar-refractivity contribution is 5.76. The lowest BCUT2D eigenvalue weighted by Crippen LogP contribution is -2.40. The van der Waals surface area contributed by atoms with Crippen molar-refractivity contribution in [3.8, 4) is 11.5 Å². The Morgan fingerprint density at radius 3 is 2.52 bits per heavy atom. The van der Waals surface area contributed by atoms with Gasteiger partial charge in [-0.2, -0.15) is 0 Å². The molecule has 0 spiro atoms. The summed E-state index contributed by atoms with van der Waals surface area (Å²) < 4.78 is 5.65. The van der Waals surface area contributed by atoms with Crippen molar-refractivity contribution in [3.05, 3.63) is 35.7 Å². The molecule has 0 radical (unpaired) electrons. The maximum absolute atomic E-state index is 12.0. The van der Waals surface area contributed by atoms with E-state index in [0.717, 1.165) is 12.1 Å². The molecule has 1 aromatic carbocycles. The summed E-state index contributed by atoms with van der Waals surface area (Å²) in [5, 5.41) is 11.1. The van der Waals surface area contributed by atoms with Gasteiger partial charge in [0, 0.05) is 31.5 Å². The zero-order chi connectivity index (χ0) is 18.4. The van der Waals surface area contributed by atoms with Crippen LogP contribution in [-0.4, -0.2) is 48.2 Å². The van der Waals surface area contributed by atoms with Crippen LogP contribution in [0.4, 0.5) is 0 Å². The van der Waals surface area contributed by atoms with Crippen LogP contribution in [0.2, 0.25) is 0 Å². The summed E-state index contributed by atoms with van der Waals surface area (Å²) in [5.74, 6) is 0.975. The average molecular weight is 344 g/mol. The minimum atomic E-state index is 0.00178. The summed E-state index contributed by atoms with van der Waals surface area (Å²) in [6, 6.07) is 7.91. The van der Waals surface area contributed by atoms with Crippen LogP contribution in [-0.2, 0) is 11.2 Å². The SMILES string of the molecule is Cc1ccc(-c2nnc(CCC(=O)NCC(C)(C)CN(C)C)o2)cc1. The lowest BCUT2D eigenvalue weighted by Gasteiger charge is -2.28. The number of amides is 1. The predicted octanol–water partition coefficient (Wildman–Crippen LogP) is 2.68. The van der Waals surface area contributed by atoms with E-state index in [-0.39, 0.29) is 11.3 Å². The molecule has 0 saturated carbocycles. The van der Waals surface area contributed by atoms with E-state index < -0.39 is 0 Å². The number of hydrogen-bond acceptors (Lipinski definition) is 5. The van der Waals surface area contributed by atoms with Crippen molar-refractivity contribution in [2.45, 2.75) is 33.6 Å². The molecule has 1 N–H and O–H groups in total. The molecule has 0 unspecified atom stereocenters. The van der Waals surface area contributed by atoms with E-state index in [0.29, 0.717) is 31.2 Å². The molecular weight excluding hydrogens is 316 g/mol. The summed E-state index contributed by atoms with van der Waals surface area (Å²) >= 11 is 0. The van der Waals surface area contributed by atoms with Crippen molar-refractivity contribution < 1.29 is 9.21 Å². The Morgan fingerprint density at radius 1 is 1.20 bits per heavy atom. The van der Waals surface area contributed by atoms with Gasteiger partial charge in [-0.1, -0.05) is 31.5 Å². The third-order valence-electron chi connectivity index (χ3n) is 3.84. The van der Waals surface area contributed by atoms with E-state index in [4.69, 9.17) is 4.42 Å². The monoisotopic (exact) mass is 344 g/mol. The summed E-state index contributed by atoms with van der Waals surface area (Å²) in [5.41, 5.74) is 2.10. The van der Waals surface area contributed by atoms with Crippen LogP contribution in [0.15, 0.2) is 28.7 Å². The molecule has 0 saturated heterocycles. The average Bonchev–Trinajstić information content (AvgIpc) is 2.99. The van der Waals surface area contributed by atoms with Crippen molar-refractivity contribution in [2.24, 2.45) is 5.41 Å². The lowest BCUT2D eigenvalue weighted by molar-refractivity contribution is -0.121. The van der Waals surface area contributed by atoms with Gasteiger partial charge >= 0.3 is 0 Å². The van der Waals surface area contributed by atoms with Gasteiger partial charge in [-0.05, 0) is 38.6 Å². The number of hydrogen-bond donors (Lipinski definition) is 1. The lowest BCUT2D eigenvalue weighted by atomic mass is 9.93. The van der Waals surface area contributed by atoms with Crippen LogP contribution in [0.3, 0.4) is 0 Å². The van der Waals surface area contributed by atoms with Crippen LogP contribution in [0.1, 0.15) is 31.7 Å². The highest BCUT2D eigenvalue weighted by Gasteiger charge is 2.20. The molecule has 2 rings (SSSR count). The normalized spacial score (nSPS) is 11.8. The number of nitrogens with zero attached hydrogens (tertiary/aromatic N) is 3. The van der Waals surface area contributed by atoms with Gasteiger partial charge in [-0.3, -0.25) is 4.79 Å². The van der Waals surface area contributed by atoms with Crippen LogP contribution in [0, 0.1) is 12.3 Å². The van der Waals surface area contributed by atoms with E-state index in [1.54, 1.807) is 0 Å². The smallest absolute Gasteiger partial charge is 0.247 e. The second kappa shape index (κ2) is 8.25. The molecular formula is C19H28N4O2.